The predicted molar refractivity (Wildman–Crippen MR) is 100 cm³/mol. The normalized spacial score (nSPS) is 10.8. The third-order valence-electron chi connectivity index (χ3n) is 4.13. The summed E-state index contributed by atoms with van der Waals surface area (Å²) in [4.78, 5) is 12.2. The number of aryl methyl sites for hydroxylation is 2. The Morgan fingerprint density at radius 1 is 1.11 bits per heavy atom. The first-order valence-electron chi connectivity index (χ1n) is 8.41. The number of halogens is 3. The molecule has 0 saturated heterocycles. The maximum absolute atomic E-state index is 13.1. The second kappa shape index (κ2) is 8.31. The van der Waals surface area contributed by atoms with Crippen LogP contribution in [0.2, 0.25) is 5.02 Å². The number of rotatable bonds is 6. The van der Waals surface area contributed by atoms with Gasteiger partial charge in [0.2, 0.25) is 5.91 Å². The van der Waals surface area contributed by atoms with Crippen molar-refractivity contribution in [1.29, 1.82) is 0 Å². The van der Waals surface area contributed by atoms with E-state index in [1.807, 2.05) is 6.20 Å². The van der Waals surface area contributed by atoms with Gasteiger partial charge in [-0.2, -0.15) is 5.10 Å². The van der Waals surface area contributed by atoms with Gasteiger partial charge in [0.15, 0.2) is 0 Å². The van der Waals surface area contributed by atoms with Gasteiger partial charge in [-0.05, 0) is 53.9 Å². The van der Waals surface area contributed by atoms with E-state index in [1.165, 1.54) is 24.3 Å². The van der Waals surface area contributed by atoms with E-state index < -0.39 is 5.82 Å². The van der Waals surface area contributed by atoms with Crippen LogP contribution in [0.25, 0.3) is 11.3 Å². The lowest BCUT2D eigenvalue weighted by atomic mass is 10.0. The molecule has 0 radical (unpaired) electrons. The molecule has 3 aromatic rings. The van der Waals surface area contributed by atoms with Gasteiger partial charge in [0.25, 0.3) is 0 Å². The van der Waals surface area contributed by atoms with Crippen LogP contribution in [0.1, 0.15) is 17.5 Å². The third kappa shape index (κ3) is 4.92. The molecule has 3 rings (SSSR count). The molecular weight excluding hydrogens is 372 g/mol. The molecular formula is C20H18ClF2N3O. The summed E-state index contributed by atoms with van der Waals surface area (Å²) < 4.78 is 27.9. The standard InChI is InChI=1S/C20H18ClF2N3O/c1-26-12-15(20(25-26)13-2-6-16(22)7-3-13)5-9-19(27)24-11-14-4-8-17(23)10-18(14)21/h2-4,6-8,10,12H,5,9,11H2,1H3,(H,24,27). The summed E-state index contributed by atoms with van der Waals surface area (Å²) in [5.41, 5.74) is 3.08. The minimum atomic E-state index is -0.417. The zero-order valence-electron chi connectivity index (χ0n) is 14.7. The maximum atomic E-state index is 13.1. The highest BCUT2D eigenvalue weighted by Crippen LogP contribution is 2.23. The third-order valence-corrected chi connectivity index (χ3v) is 4.49. The first-order valence-corrected chi connectivity index (χ1v) is 8.79. The van der Waals surface area contributed by atoms with E-state index in [0.29, 0.717) is 12.0 Å². The average molecular weight is 390 g/mol. The van der Waals surface area contributed by atoms with Crippen LogP contribution in [0, 0.1) is 11.6 Å². The van der Waals surface area contributed by atoms with Crippen molar-refractivity contribution in [2.45, 2.75) is 19.4 Å². The largest absolute Gasteiger partial charge is 0.352 e. The molecule has 0 bridgehead atoms. The topological polar surface area (TPSA) is 46.9 Å². The van der Waals surface area contributed by atoms with Gasteiger partial charge in [-0.25, -0.2) is 8.78 Å². The molecule has 27 heavy (non-hydrogen) atoms. The Labute approximate surface area is 160 Å². The Balaban J connectivity index is 1.61. The van der Waals surface area contributed by atoms with E-state index in [4.69, 9.17) is 11.6 Å². The molecule has 0 atom stereocenters. The highest BCUT2D eigenvalue weighted by atomic mass is 35.5. The maximum Gasteiger partial charge on any atom is 0.220 e. The van der Waals surface area contributed by atoms with Gasteiger partial charge in [0.05, 0.1) is 5.69 Å². The van der Waals surface area contributed by atoms with Gasteiger partial charge >= 0.3 is 0 Å². The molecule has 0 aliphatic rings. The van der Waals surface area contributed by atoms with Crippen molar-refractivity contribution >= 4 is 17.5 Å². The molecule has 1 N–H and O–H groups in total. The SMILES string of the molecule is Cn1cc(CCC(=O)NCc2ccc(F)cc2Cl)c(-c2ccc(F)cc2)n1. The Bertz CT molecular complexity index is 954. The Hall–Kier alpha value is -2.73. The Morgan fingerprint density at radius 3 is 2.52 bits per heavy atom. The molecule has 7 heteroatoms. The molecule has 0 fully saturated rings. The van der Waals surface area contributed by atoms with Crippen LogP contribution in [0.3, 0.4) is 0 Å². The first kappa shape index (κ1) is 19.0. The molecule has 0 aliphatic carbocycles. The van der Waals surface area contributed by atoms with Gasteiger partial charge in [-0.15, -0.1) is 0 Å². The molecule has 4 nitrogen and oxygen atoms in total. The zero-order valence-corrected chi connectivity index (χ0v) is 15.4. The second-order valence-corrected chi connectivity index (χ2v) is 6.60. The quantitative estimate of drug-likeness (QED) is 0.684. The summed E-state index contributed by atoms with van der Waals surface area (Å²) in [6.07, 6.45) is 2.60. The fourth-order valence-corrected chi connectivity index (χ4v) is 3.00. The van der Waals surface area contributed by atoms with E-state index in [2.05, 4.69) is 10.4 Å². The smallest absolute Gasteiger partial charge is 0.220 e. The monoisotopic (exact) mass is 389 g/mol. The van der Waals surface area contributed by atoms with Crippen molar-refractivity contribution in [3.63, 3.8) is 0 Å². The molecule has 2 aromatic carbocycles. The minimum absolute atomic E-state index is 0.149. The van der Waals surface area contributed by atoms with Crippen molar-refractivity contribution in [3.05, 3.63) is 76.4 Å². The van der Waals surface area contributed by atoms with Crippen LogP contribution in [0.15, 0.2) is 48.7 Å². The number of nitrogens with one attached hydrogen (secondary N) is 1. The van der Waals surface area contributed by atoms with Crippen molar-refractivity contribution < 1.29 is 13.6 Å². The van der Waals surface area contributed by atoms with Crippen molar-refractivity contribution in [2.75, 3.05) is 0 Å². The second-order valence-electron chi connectivity index (χ2n) is 6.20. The average Bonchev–Trinajstić information content (AvgIpc) is 3.00. The van der Waals surface area contributed by atoms with Crippen LogP contribution in [0.5, 0.6) is 0 Å². The summed E-state index contributed by atoms with van der Waals surface area (Å²) in [5.74, 6) is -0.876. The number of amides is 1. The van der Waals surface area contributed by atoms with Crippen LogP contribution >= 0.6 is 11.6 Å². The molecule has 140 valence electrons. The van der Waals surface area contributed by atoms with E-state index in [1.54, 1.807) is 29.9 Å². The van der Waals surface area contributed by atoms with Gasteiger partial charge in [-0.1, -0.05) is 17.7 Å². The molecule has 1 aromatic heterocycles. The fourth-order valence-electron chi connectivity index (χ4n) is 2.77. The van der Waals surface area contributed by atoms with Gasteiger partial charge in [0, 0.05) is 36.8 Å². The van der Waals surface area contributed by atoms with Gasteiger partial charge < -0.3 is 5.32 Å². The lowest BCUT2D eigenvalue weighted by molar-refractivity contribution is -0.121. The molecule has 1 heterocycles. The predicted octanol–water partition coefficient (Wildman–Crippen LogP) is 4.27. The minimum Gasteiger partial charge on any atom is -0.352 e. The van der Waals surface area contributed by atoms with Crippen LogP contribution in [-0.2, 0) is 24.8 Å². The Morgan fingerprint density at radius 2 is 1.81 bits per heavy atom. The zero-order chi connectivity index (χ0) is 19.4. The number of carbonyl (C=O) groups excluding carboxylic acids is 1. The van der Waals surface area contributed by atoms with E-state index >= 15 is 0 Å². The van der Waals surface area contributed by atoms with Gasteiger partial charge in [-0.3, -0.25) is 9.48 Å². The van der Waals surface area contributed by atoms with Crippen LogP contribution < -0.4 is 5.32 Å². The van der Waals surface area contributed by atoms with Gasteiger partial charge in [0.1, 0.15) is 11.6 Å². The Kier molecular flexibility index (Phi) is 5.86. The van der Waals surface area contributed by atoms with Crippen molar-refractivity contribution in [1.82, 2.24) is 15.1 Å². The number of hydrogen-bond acceptors (Lipinski definition) is 2. The number of nitrogens with zero attached hydrogens (tertiary/aromatic N) is 2. The summed E-state index contributed by atoms with van der Waals surface area (Å²) in [5, 5.41) is 7.47. The van der Waals surface area contributed by atoms with E-state index in [9.17, 15) is 13.6 Å². The fraction of sp³-hybridized carbons (Fsp3) is 0.200. The summed E-state index contributed by atoms with van der Waals surface area (Å²) >= 11 is 5.96. The van der Waals surface area contributed by atoms with Crippen molar-refractivity contribution in [2.24, 2.45) is 7.05 Å². The summed E-state index contributed by atoms with van der Waals surface area (Å²) in [6, 6.07) is 10.2. The lowest BCUT2D eigenvalue weighted by Crippen LogP contribution is -2.23. The van der Waals surface area contributed by atoms with Crippen molar-refractivity contribution in [3.8, 4) is 11.3 Å². The molecule has 0 aliphatic heterocycles. The van der Waals surface area contributed by atoms with E-state index in [0.717, 1.165) is 16.8 Å². The molecule has 1 amide bonds. The highest BCUT2D eigenvalue weighted by Gasteiger charge is 2.12. The summed E-state index contributed by atoms with van der Waals surface area (Å²) in [6.45, 7) is 0.232. The molecule has 0 spiro atoms. The first-order chi connectivity index (χ1) is 12.9. The van der Waals surface area contributed by atoms with E-state index in [-0.39, 0.29) is 29.7 Å². The summed E-state index contributed by atoms with van der Waals surface area (Å²) in [7, 11) is 1.80. The molecule has 0 unspecified atom stereocenters. The molecule has 0 saturated carbocycles. The number of carbonyl (C=O) groups is 1. The number of benzene rings is 2. The lowest BCUT2D eigenvalue weighted by Gasteiger charge is -2.07. The van der Waals surface area contributed by atoms with Crippen LogP contribution in [-0.4, -0.2) is 15.7 Å². The highest BCUT2D eigenvalue weighted by molar-refractivity contribution is 6.31. The number of aromatic nitrogens is 2. The number of hydrogen-bond donors (Lipinski definition) is 1. The van der Waals surface area contributed by atoms with Crippen LogP contribution in [0.4, 0.5) is 8.78 Å².